The zero-order chi connectivity index (χ0) is 76.0. The SMILES string of the molecule is CC/C=C\C/C=C\C/C=C\C/C=C\CCCCCCCCC(=O)OCC(COP(=O)(O)OCC(O)COP(=O)(O)OCC(COC(=O)CCCCCCCC/C=C\C/C=C\C/C=C\CCCCC)OC(=O)CCCCCCCCCCCCCCC)OC(=O)CCCCCCCCCCCCCCC. The molecule has 0 amide bonds. The van der Waals surface area contributed by atoms with Crippen molar-refractivity contribution in [1.82, 2.24) is 0 Å². The van der Waals surface area contributed by atoms with Crippen molar-refractivity contribution in [3.05, 3.63) is 85.1 Å². The van der Waals surface area contributed by atoms with Crippen LogP contribution in [0.15, 0.2) is 85.1 Å². The predicted octanol–water partition coefficient (Wildman–Crippen LogP) is 24.6. The summed E-state index contributed by atoms with van der Waals surface area (Å²) >= 11 is 0. The molecule has 604 valence electrons. The van der Waals surface area contributed by atoms with Gasteiger partial charge >= 0.3 is 39.5 Å². The van der Waals surface area contributed by atoms with Gasteiger partial charge in [0, 0.05) is 25.7 Å². The van der Waals surface area contributed by atoms with Gasteiger partial charge < -0.3 is 33.8 Å². The molecule has 0 bridgehead atoms. The first-order valence-electron chi connectivity index (χ1n) is 41.8. The summed E-state index contributed by atoms with van der Waals surface area (Å²) in [4.78, 5) is 73.1. The quantitative estimate of drug-likeness (QED) is 0.0169. The zero-order valence-corrected chi connectivity index (χ0v) is 68.0. The van der Waals surface area contributed by atoms with Crippen molar-refractivity contribution in [2.75, 3.05) is 39.6 Å². The van der Waals surface area contributed by atoms with Crippen LogP contribution in [0.5, 0.6) is 0 Å². The second kappa shape index (κ2) is 77.4. The van der Waals surface area contributed by atoms with E-state index in [1.54, 1.807) is 0 Å². The fourth-order valence-corrected chi connectivity index (χ4v) is 13.1. The van der Waals surface area contributed by atoms with E-state index in [4.69, 9.17) is 37.0 Å². The monoisotopic (exact) mass is 1510 g/mol. The van der Waals surface area contributed by atoms with Gasteiger partial charge in [0.2, 0.25) is 0 Å². The van der Waals surface area contributed by atoms with Crippen LogP contribution in [0.3, 0.4) is 0 Å². The molecule has 0 heterocycles. The number of esters is 4. The van der Waals surface area contributed by atoms with E-state index in [1.165, 1.54) is 122 Å². The number of hydrogen-bond donors (Lipinski definition) is 3. The first-order valence-corrected chi connectivity index (χ1v) is 44.8. The third-order valence-corrected chi connectivity index (χ3v) is 19.8. The minimum Gasteiger partial charge on any atom is -0.462 e. The lowest BCUT2D eigenvalue weighted by atomic mass is 10.0. The standard InChI is InChI=1S/C85H152O17P2/c1-5-9-13-17-21-25-29-33-35-37-39-41-43-47-49-53-57-61-65-69-82(87)95-75-80(101-84(89)71-67-63-59-55-51-45-31-27-23-19-15-11-7-3)77-99-103(91,92)97-73-79(86)74-98-104(93,94)100-78-81(102-85(90)72-68-64-60-56-52-46-32-28-24-20-16-12-8-4)76-96-83(88)70-66-62-58-54-50-48-44-42-40-38-36-34-30-26-22-18-14-10-6-2/h9,13,21-22,25-26,33-36,39-42,79-81,86H,5-8,10-12,14-20,23-24,27-32,37-38,43-78H2,1-4H3,(H,91,92)(H,93,94)/b13-9-,25-21-,26-22-,35-33-,36-34-,41-39-,42-40-. The first-order chi connectivity index (χ1) is 50.7. The second-order valence-corrected chi connectivity index (χ2v) is 31.0. The predicted molar refractivity (Wildman–Crippen MR) is 427 cm³/mol. The molecule has 0 fully saturated rings. The summed E-state index contributed by atoms with van der Waals surface area (Å²) in [6.07, 6.45) is 81.1. The fourth-order valence-electron chi connectivity index (χ4n) is 11.5. The Hall–Kier alpha value is -3.76. The molecule has 0 radical (unpaired) electrons. The van der Waals surface area contributed by atoms with Crippen molar-refractivity contribution >= 4 is 39.5 Å². The molecule has 5 atom stereocenters. The molecular formula is C85H152O17P2. The molecule has 0 saturated heterocycles. The molecule has 0 aromatic heterocycles. The summed E-state index contributed by atoms with van der Waals surface area (Å²) in [5.41, 5.74) is 0. The molecule has 5 unspecified atom stereocenters. The number of rotatable bonds is 79. The summed E-state index contributed by atoms with van der Waals surface area (Å²) in [6, 6.07) is 0. The van der Waals surface area contributed by atoms with Crippen LogP contribution in [0.1, 0.15) is 374 Å². The highest BCUT2D eigenvalue weighted by molar-refractivity contribution is 7.47. The van der Waals surface area contributed by atoms with Gasteiger partial charge in [0.05, 0.1) is 26.4 Å². The molecule has 0 rings (SSSR count). The van der Waals surface area contributed by atoms with Gasteiger partial charge in [-0.1, -0.05) is 331 Å². The van der Waals surface area contributed by atoms with E-state index in [2.05, 4.69) is 113 Å². The lowest BCUT2D eigenvalue weighted by Crippen LogP contribution is -2.30. The minimum absolute atomic E-state index is 0.0962. The van der Waals surface area contributed by atoms with Crippen LogP contribution in [0, 0.1) is 0 Å². The van der Waals surface area contributed by atoms with E-state index in [9.17, 15) is 43.2 Å². The maximum atomic E-state index is 13.1. The highest BCUT2D eigenvalue weighted by Gasteiger charge is 2.30. The molecule has 0 aliphatic heterocycles. The lowest BCUT2D eigenvalue weighted by molar-refractivity contribution is -0.161. The number of unbranched alkanes of at least 4 members (excludes halogenated alkanes) is 39. The van der Waals surface area contributed by atoms with Gasteiger partial charge in [0.1, 0.15) is 19.3 Å². The molecule has 17 nitrogen and oxygen atoms in total. The fraction of sp³-hybridized carbons (Fsp3) is 0.788. The van der Waals surface area contributed by atoms with E-state index in [-0.39, 0.29) is 25.7 Å². The van der Waals surface area contributed by atoms with Crippen LogP contribution in [-0.2, 0) is 65.4 Å². The molecule has 0 aliphatic carbocycles. The van der Waals surface area contributed by atoms with Crippen LogP contribution >= 0.6 is 15.6 Å². The maximum absolute atomic E-state index is 13.1. The summed E-state index contributed by atoms with van der Waals surface area (Å²) in [6.45, 7) is 4.78. The van der Waals surface area contributed by atoms with E-state index in [1.807, 2.05) is 0 Å². The number of phosphoric ester groups is 2. The van der Waals surface area contributed by atoms with Crippen molar-refractivity contribution in [1.29, 1.82) is 0 Å². The number of phosphoric acid groups is 2. The van der Waals surface area contributed by atoms with Crippen molar-refractivity contribution < 1.29 is 80.2 Å². The first kappa shape index (κ1) is 100. The van der Waals surface area contributed by atoms with Crippen molar-refractivity contribution in [2.24, 2.45) is 0 Å². The van der Waals surface area contributed by atoms with E-state index in [0.29, 0.717) is 25.7 Å². The number of carbonyl (C=O) groups excluding carboxylic acids is 4. The Kier molecular flexibility index (Phi) is 74.6. The molecule has 0 spiro atoms. The normalized spacial score (nSPS) is 14.3. The Morgan fingerprint density at radius 2 is 0.500 bits per heavy atom. The molecule has 0 aromatic rings. The smallest absolute Gasteiger partial charge is 0.462 e. The van der Waals surface area contributed by atoms with Gasteiger partial charge in [-0.2, -0.15) is 0 Å². The molecule has 0 aromatic carbocycles. The summed E-state index contributed by atoms with van der Waals surface area (Å²) in [5.74, 6) is -2.17. The van der Waals surface area contributed by atoms with Crippen molar-refractivity contribution in [2.45, 2.75) is 393 Å². The number of aliphatic hydroxyl groups excluding tert-OH is 1. The Bertz CT molecular complexity index is 2300. The van der Waals surface area contributed by atoms with Gasteiger partial charge in [-0.25, -0.2) is 9.13 Å². The Morgan fingerprint density at radius 1 is 0.279 bits per heavy atom. The zero-order valence-electron chi connectivity index (χ0n) is 66.2. The van der Waals surface area contributed by atoms with Crippen LogP contribution in [-0.4, -0.2) is 96.7 Å². The number of aliphatic hydroxyl groups is 1. The number of hydrogen-bond acceptors (Lipinski definition) is 15. The van der Waals surface area contributed by atoms with Crippen LogP contribution in [0.25, 0.3) is 0 Å². The van der Waals surface area contributed by atoms with Crippen LogP contribution in [0.4, 0.5) is 0 Å². The van der Waals surface area contributed by atoms with Gasteiger partial charge in [-0.05, 0) is 103 Å². The van der Waals surface area contributed by atoms with Gasteiger partial charge in [0.15, 0.2) is 12.2 Å². The Labute approximate surface area is 634 Å². The van der Waals surface area contributed by atoms with Crippen LogP contribution < -0.4 is 0 Å². The van der Waals surface area contributed by atoms with Crippen molar-refractivity contribution in [3.63, 3.8) is 0 Å². The largest absolute Gasteiger partial charge is 0.472 e. The average Bonchev–Trinajstić information content (AvgIpc) is 0.913. The topological polar surface area (TPSA) is 237 Å². The van der Waals surface area contributed by atoms with E-state index >= 15 is 0 Å². The van der Waals surface area contributed by atoms with Crippen molar-refractivity contribution in [3.8, 4) is 0 Å². The number of carbonyl (C=O) groups is 4. The Balaban J connectivity index is 5.31. The summed E-state index contributed by atoms with van der Waals surface area (Å²) < 4.78 is 68.7. The van der Waals surface area contributed by atoms with E-state index in [0.717, 1.165) is 173 Å². The van der Waals surface area contributed by atoms with Crippen LogP contribution in [0.2, 0.25) is 0 Å². The molecule has 19 heteroatoms. The highest BCUT2D eigenvalue weighted by atomic mass is 31.2. The molecule has 0 aliphatic rings. The summed E-state index contributed by atoms with van der Waals surface area (Å²) in [5, 5.41) is 10.7. The van der Waals surface area contributed by atoms with E-state index < -0.39 is 97.5 Å². The summed E-state index contributed by atoms with van der Waals surface area (Å²) in [7, 11) is -9.95. The average molecular weight is 1510 g/mol. The van der Waals surface area contributed by atoms with Gasteiger partial charge in [0.25, 0.3) is 0 Å². The second-order valence-electron chi connectivity index (χ2n) is 28.1. The van der Waals surface area contributed by atoms with Gasteiger partial charge in [-0.15, -0.1) is 0 Å². The maximum Gasteiger partial charge on any atom is 0.472 e. The molecular weight excluding hydrogens is 1350 g/mol. The number of ether oxygens (including phenoxy) is 4. The molecule has 0 saturated carbocycles. The lowest BCUT2D eigenvalue weighted by Gasteiger charge is -2.21. The third kappa shape index (κ3) is 76.4. The minimum atomic E-state index is -4.98. The third-order valence-electron chi connectivity index (χ3n) is 17.9. The Morgan fingerprint density at radius 3 is 0.788 bits per heavy atom. The molecule has 104 heavy (non-hydrogen) atoms. The number of allylic oxidation sites excluding steroid dienone is 14. The van der Waals surface area contributed by atoms with Gasteiger partial charge in [-0.3, -0.25) is 37.3 Å². The highest BCUT2D eigenvalue weighted by Crippen LogP contribution is 2.45. The molecule has 3 N–H and O–H groups in total.